The van der Waals surface area contributed by atoms with Crippen LogP contribution in [0, 0.1) is 0 Å². The Labute approximate surface area is 177 Å². The molecule has 1 saturated heterocycles. The highest BCUT2D eigenvalue weighted by atomic mass is 32.2. The molecule has 7 heteroatoms. The molecule has 1 aliphatic heterocycles. The number of carbonyl (C=O) groups is 1. The first-order valence-electron chi connectivity index (χ1n) is 10.4. The average Bonchev–Trinajstić information content (AvgIpc) is 3.20. The van der Waals surface area contributed by atoms with Gasteiger partial charge in [-0.25, -0.2) is 8.42 Å². The molecular formula is C23H27N3O3S. The zero-order valence-electron chi connectivity index (χ0n) is 16.9. The Morgan fingerprint density at radius 2 is 1.83 bits per heavy atom. The second kappa shape index (κ2) is 9.02. The molecule has 4 rings (SSSR count). The Kier molecular flexibility index (Phi) is 6.20. The van der Waals surface area contributed by atoms with Gasteiger partial charge in [0.25, 0.3) is 0 Å². The van der Waals surface area contributed by atoms with Crippen LogP contribution in [0.25, 0.3) is 10.9 Å². The summed E-state index contributed by atoms with van der Waals surface area (Å²) in [4.78, 5) is 15.9. The van der Waals surface area contributed by atoms with Gasteiger partial charge in [-0.2, -0.15) is 4.31 Å². The van der Waals surface area contributed by atoms with Gasteiger partial charge in [-0.15, -0.1) is 0 Å². The van der Waals surface area contributed by atoms with Crippen LogP contribution >= 0.6 is 0 Å². The van der Waals surface area contributed by atoms with E-state index in [1.54, 1.807) is 22.5 Å². The number of nitrogens with zero attached hydrogens (tertiary/aromatic N) is 1. The summed E-state index contributed by atoms with van der Waals surface area (Å²) in [5.41, 5.74) is 2.98. The van der Waals surface area contributed by atoms with E-state index < -0.39 is 10.0 Å². The van der Waals surface area contributed by atoms with Gasteiger partial charge in [0.1, 0.15) is 0 Å². The maximum Gasteiger partial charge on any atom is 0.243 e. The molecule has 3 aromatic rings. The molecule has 0 unspecified atom stereocenters. The van der Waals surface area contributed by atoms with Crippen molar-refractivity contribution in [2.45, 2.75) is 43.5 Å². The standard InChI is InChI=1S/C23H27N3O3S/c27-23(12-11-19-17-24-22-10-3-2-9-21(19)22)25-16-18-7-6-8-20(15-18)30(28,29)26-13-4-1-5-14-26/h2-3,6-10,15,17,24H,1,4-5,11-14,16H2,(H,25,27). The fourth-order valence-corrected chi connectivity index (χ4v) is 5.53. The van der Waals surface area contributed by atoms with Crippen molar-refractivity contribution in [3.05, 3.63) is 65.9 Å². The van der Waals surface area contributed by atoms with E-state index in [0.717, 1.165) is 41.3 Å². The summed E-state index contributed by atoms with van der Waals surface area (Å²) < 4.78 is 27.3. The van der Waals surface area contributed by atoms with Gasteiger partial charge in [0, 0.05) is 43.2 Å². The molecule has 1 amide bonds. The van der Waals surface area contributed by atoms with Crippen LogP contribution in [0.15, 0.2) is 59.6 Å². The van der Waals surface area contributed by atoms with Gasteiger partial charge in [0.05, 0.1) is 4.90 Å². The zero-order chi connectivity index (χ0) is 21.0. The van der Waals surface area contributed by atoms with Crippen molar-refractivity contribution in [3.63, 3.8) is 0 Å². The Morgan fingerprint density at radius 1 is 1.03 bits per heavy atom. The minimum absolute atomic E-state index is 0.0513. The molecule has 30 heavy (non-hydrogen) atoms. The van der Waals surface area contributed by atoms with Gasteiger partial charge in [-0.1, -0.05) is 36.8 Å². The molecule has 158 valence electrons. The Hall–Kier alpha value is -2.64. The number of amides is 1. The number of fused-ring (bicyclic) bond motifs is 1. The largest absolute Gasteiger partial charge is 0.361 e. The summed E-state index contributed by atoms with van der Waals surface area (Å²) >= 11 is 0. The third kappa shape index (κ3) is 4.57. The highest BCUT2D eigenvalue weighted by Gasteiger charge is 2.25. The first kappa shape index (κ1) is 20.6. The van der Waals surface area contributed by atoms with Crippen LogP contribution < -0.4 is 5.32 Å². The lowest BCUT2D eigenvalue weighted by molar-refractivity contribution is -0.121. The van der Waals surface area contributed by atoms with Gasteiger partial charge in [0.2, 0.25) is 15.9 Å². The van der Waals surface area contributed by atoms with Gasteiger partial charge in [-0.3, -0.25) is 4.79 Å². The molecule has 0 atom stereocenters. The predicted octanol–water partition coefficient (Wildman–Crippen LogP) is 3.59. The molecule has 2 N–H and O–H groups in total. The van der Waals surface area contributed by atoms with Crippen LogP contribution in [0.2, 0.25) is 0 Å². The number of nitrogens with one attached hydrogen (secondary N) is 2. The van der Waals surface area contributed by atoms with E-state index in [1.165, 1.54) is 0 Å². The van der Waals surface area contributed by atoms with E-state index in [2.05, 4.69) is 10.3 Å². The van der Waals surface area contributed by atoms with E-state index in [4.69, 9.17) is 0 Å². The molecule has 0 bridgehead atoms. The number of piperidine rings is 1. The SMILES string of the molecule is O=C(CCc1c[nH]c2ccccc12)NCc1cccc(S(=O)(=O)N2CCCCC2)c1. The summed E-state index contributed by atoms with van der Waals surface area (Å²) in [6.07, 6.45) is 5.88. The molecule has 2 aromatic carbocycles. The molecule has 1 aliphatic rings. The third-order valence-electron chi connectivity index (χ3n) is 5.64. The van der Waals surface area contributed by atoms with Crippen LogP contribution in [0.5, 0.6) is 0 Å². The van der Waals surface area contributed by atoms with Gasteiger partial charge in [-0.05, 0) is 48.6 Å². The number of rotatable bonds is 7. The summed E-state index contributed by atoms with van der Waals surface area (Å²) in [7, 11) is -3.47. The Bertz CT molecular complexity index is 1130. The number of aromatic amines is 1. The van der Waals surface area contributed by atoms with Gasteiger partial charge in [0.15, 0.2) is 0 Å². The third-order valence-corrected chi connectivity index (χ3v) is 7.53. The molecule has 0 saturated carbocycles. The average molecular weight is 426 g/mol. The molecule has 2 heterocycles. The number of hydrogen-bond acceptors (Lipinski definition) is 3. The van der Waals surface area contributed by atoms with Crippen molar-refractivity contribution >= 4 is 26.8 Å². The summed E-state index contributed by atoms with van der Waals surface area (Å²) in [6.45, 7) is 1.48. The van der Waals surface area contributed by atoms with E-state index in [1.807, 2.05) is 36.5 Å². The van der Waals surface area contributed by atoms with Crippen LogP contribution in [-0.2, 0) is 27.8 Å². The molecule has 0 radical (unpaired) electrons. The lowest BCUT2D eigenvalue weighted by Crippen LogP contribution is -2.35. The molecular weight excluding hydrogens is 398 g/mol. The predicted molar refractivity (Wildman–Crippen MR) is 118 cm³/mol. The van der Waals surface area contributed by atoms with E-state index in [0.29, 0.717) is 37.4 Å². The van der Waals surface area contributed by atoms with Crippen molar-refractivity contribution in [2.24, 2.45) is 0 Å². The number of aryl methyl sites for hydroxylation is 1. The first-order valence-corrected chi connectivity index (χ1v) is 11.9. The van der Waals surface area contributed by atoms with Gasteiger partial charge >= 0.3 is 0 Å². The van der Waals surface area contributed by atoms with Crippen molar-refractivity contribution in [2.75, 3.05) is 13.1 Å². The van der Waals surface area contributed by atoms with Crippen LogP contribution in [0.3, 0.4) is 0 Å². The molecule has 0 spiro atoms. The number of benzene rings is 2. The number of para-hydroxylation sites is 1. The fraction of sp³-hybridized carbons (Fsp3) is 0.348. The maximum atomic E-state index is 12.9. The molecule has 1 fully saturated rings. The minimum atomic E-state index is -3.47. The number of carbonyl (C=O) groups excluding carboxylic acids is 1. The lowest BCUT2D eigenvalue weighted by Gasteiger charge is -2.26. The fourth-order valence-electron chi connectivity index (χ4n) is 3.95. The van der Waals surface area contributed by atoms with E-state index >= 15 is 0 Å². The van der Waals surface area contributed by atoms with E-state index in [-0.39, 0.29) is 5.91 Å². The van der Waals surface area contributed by atoms with Crippen molar-refractivity contribution < 1.29 is 13.2 Å². The number of hydrogen-bond donors (Lipinski definition) is 2. The summed E-state index contributed by atoms with van der Waals surface area (Å²) in [6, 6.07) is 14.9. The van der Waals surface area contributed by atoms with Crippen LogP contribution in [-0.4, -0.2) is 36.7 Å². The maximum absolute atomic E-state index is 12.9. The van der Waals surface area contributed by atoms with Crippen LogP contribution in [0.1, 0.15) is 36.8 Å². The normalized spacial score (nSPS) is 15.3. The molecule has 0 aliphatic carbocycles. The second-order valence-electron chi connectivity index (χ2n) is 7.75. The Morgan fingerprint density at radius 3 is 2.67 bits per heavy atom. The lowest BCUT2D eigenvalue weighted by atomic mass is 10.1. The second-order valence-corrected chi connectivity index (χ2v) is 9.69. The number of H-pyrrole nitrogens is 1. The quantitative estimate of drug-likeness (QED) is 0.607. The highest BCUT2D eigenvalue weighted by Crippen LogP contribution is 2.22. The van der Waals surface area contributed by atoms with Crippen molar-refractivity contribution in [3.8, 4) is 0 Å². The van der Waals surface area contributed by atoms with E-state index in [9.17, 15) is 13.2 Å². The minimum Gasteiger partial charge on any atom is -0.361 e. The smallest absolute Gasteiger partial charge is 0.243 e. The molecule has 6 nitrogen and oxygen atoms in total. The number of sulfonamides is 1. The summed E-state index contributed by atoms with van der Waals surface area (Å²) in [5, 5.41) is 4.05. The van der Waals surface area contributed by atoms with Crippen LogP contribution in [0.4, 0.5) is 0 Å². The topological polar surface area (TPSA) is 82.3 Å². The first-order chi connectivity index (χ1) is 14.5. The number of aromatic nitrogens is 1. The molecule has 1 aromatic heterocycles. The van der Waals surface area contributed by atoms with Gasteiger partial charge < -0.3 is 10.3 Å². The Balaban J connectivity index is 1.34. The van der Waals surface area contributed by atoms with Crippen molar-refractivity contribution in [1.29, 1.82) is 0 Å². The monoisotopic (exact) mass is 425 g/mol. The summed E-state index contributed by atoms with van der Waals surface area (Å²) in [5.74, 6) is -0.0513. The highest BCUT2D eigenvalue weighted by molar-refractivity contribution is 7.89. The zero-order valence-corrected chi connectivity index (χ0v) is 17.7. The van der Waals surface area contributed by atoms with Crippen molar-refractivity contribution in [1.82, 2.24) is 14.6 Å².